The number of aliphatic hydroxyl groups excluding tert-OH is 1. The Morgan fingerprint density at radius 2 is 1.61 bits per heavy atom. The first-order chi connectivity index (χ1) is 8.46. The lowest BCUT2D eigenvalue weighted by Gasteiger charge is -2.36. The third-order valence-corrected chi connectivity index (χ3v) is 3.59. The normalized spacial score (nSPS) is 20.7. The van der Waals surface area contributed by atoms with E-state index in [9.17, 15) is 23.4 Å². The van der Waals surface area contributed by atoms with Crippen LogP contribution in [0.3, 0.4) is 0 Å². The fourth-order valence-electron chi connectivity index (χ4n) is 2.48. The molecule has 2 rings (SSSR count). The van der Waals surface area contributed by atoms with Crippen molar-refractivity contribution in [3.8, 4) is 0 Å². The summed E-state index contributed by atoms with van der Waals surface area (Å²) in [7, 11) is 0. The van der Waals surface area contributed by atoms with Crippen LogP contribution in [0, 0.1) is 17.5 Å². The molecular weight excluding hydrogens is 245 g/mol. The van der Waals surface area contributed by atoms with Gasteiger partial charge in [0.2, 0.25) is 0 Å². The molecule has 0 amide bonds. The minimum Gasteiger partial charge on any atom is -0.387 e. The van der Waals surface area contributed by atoms with E-state index >= 15 is 0 Å². The predicted octanol–water partition coefficient (Wildman–Crippen LogP) is 2.83. The third-order valence-electron chi connectivity index (χ3n) is 3.59. The second-order valence-electron chi connectivity index (χ2n) is 4.83. The molecule has 5 heteroatoms. The minimum absolute atomic E-state index is 0.326. The summed E-state index contributed by atoms with van der Waals surface area (Å²) in [5.41, 5.74) is -1.85. The molecule has 0 aromatic heterocycles. The number of aliphatic hydroxyl groups is 2. The van der Waals surface area contributed by atoms with Gasteiger partial charge >= 0.3 is 0 Å². The fourth-order valence-corrected chi connectivity index (χ4v) is 2.48. The molecule has 0 aliphatic heterocycles. The van der Waals surface area contributed by atoms with Crippen molar-refractivity contribution in [2.24, 2.45) is 0 Å². The highest BCUT2D eigenvalue weighted by Gasteiger charge is 2.39. The second-order valence-corrected chi connectivity index (χ2v) is 4.83. The summed E-state index contributed by atoms with van der Waals surface area (Å²) < 4.78 is 39.5. The van der Waals surface area contributed by atoms with Gasteiger partial charge in [0.25, 0.3) is 0 Å². The van der Waals surface area contributed by atoms with Crippen LogP contribution in [0.25, 0.3) is 0 Å². The zero-order valence-corrected chi connectivity index (χ0v) is 9.80. The van der Waals surface area contributed by atoms with Crippen molar-refractivity contribution in [3.63, 3.8) is 0 Å². The maximum atomic E-state index is 13.6. The smallest absolute Gasteiger partial charge is 0.194 e. The molecule has 1 aliphatic rings. The second kappa shape index (κ2) is 4.90. The van der Waals surface area contributed by atoms with E-state index in [2.05, 4.69) is 0 Å². The predicted molar refractivity (Wildman–Crippen MR) is 59.3 cm³/mol. The van der Waals surface area contributed by atoms with Gasteiger partial charge in [-0.3, -0.25) is 0 Å². The molecule has 1 unspecified atom stereocenters. The monoisotopic (exact) mass is 260 g/mol. The highest BCUT2D eigenvalue weighted by atomic mass is 19.2. The maximum absolute atomic E-state index is 13.6. The van der Waals surface area contributed by atoms with Crippen molar-refractivity contribution in [2.75, 3.05) is 0 Å². The van der Waals surface area contributed by atoms with Gasteiger partial charge in [-0.2, -0.15) is 0 Å². The average molecular weight is 260 g/mol. The Bertz CT molecular complexity index is 442. The quantitative estimate of drug-likeness (QED) is 0.803. The number of halogens is 3. The van der Waals surface area contributed by atoms with Gasteiger partial charge in [0.1, 0.15) is 6.10 Å². The molecule has 0 saturated heterocycles. The molecule has 18 heavy (non-hydrogen) atoms. The third kappa shape index (κ3) is 2.24. The van der Waals surface area contributed by atoms with E-state index in [4.69, 9.17) is 0 Å². The van der Waals surface area contributed by atoms with E-state index in [1.807, 2.05) is 0 Å². The number of hydrogen-bond acceptors (Lipinski definition) is 2. The van der Waals surface area contributed by atoms with Crippen LogP contribution >= 0.6 is 0 Å². The maximum Gasteiger partial charge on any atom is 0.194 e. The first-order valence-corrected chi connectivity index (χ1v) is 5.99. The van der Waals surface area contributed by atoms with E-state index in [-0.39, 0.29) is 0 Å². The Balaban J connectivity index is 2.33. The molecule has 2 N–H and O–H groups in total. The molecule has 100 valence electrons. The van der Waals surface area contributed by atoms with E-state index in [1.165, 1.54) is 0 Å². The molecule has 1 fully saturated rings. The Morgan fingerprint density at radius 3 is 2.22 bits per heavy atom. The first-order valence-electron chi connectivity index (χ1n) is 5.99. The summed E-state index contributed by atoms with van der Waals surface area (Å²) in [6, 6.07) is 1.73. The highest BCUT2D eigenvalue weighted by Crippen LogP contribution is 2.39. The molecule has 1 atom stereocenters. The van der Waals surface area contributed by atoms with Crippen LogP contribution in [0.1, 0.15) is 43.8 Å². The van der Waals surface area contributed by atoms with Gasteiger partial charge < -0.3 is 10.2 Å². The summed E-state index contributed by atoms with van der Waals surface area (Å²) in [6.45, 7) is 0. The lowest BCUT2D eigenvalue weighted by Crippen LogP contribution is -2.38. The average Bonchev–Trinajstić information content (AvgIpc) is 2.36. The molecule has 1 aromatic carbocycles. The van der Waals surface area contributed by atoms with Crippen molar-refractivity contribution in [2.45, 2.75) is 43.8 Å². The van der Waals surface area contributed by atoms with E-state index in [0.29, 0.717) is 12.8 Å². The molecule has 1 aromatic rings. The van der Waals surface area contributed by atoms with Crippen LogP contribution in [-0.2, 0) is 0 Å². The van der Waals surface area contributed by atoms with Crippen LogP contribution in [-0.4, -0.2) is 15.8 Å². The van der Waals surface area contributed by atoms with Gasteiger partial charge in [-0.05, 0) is 18.9 Å². The van der Waals surface area contributed by atoms with E-state index in [1.54, 1.807) is 0 Å². The van der Waals surface area contributed by atoms with Crippen molar-refractivity contribution in [1.82, 2.24) is 0 Å². The summed E-state index contributed by atoms with van der Waals surface area (Å²) in [4.78, 5) is 0. The Morgan fingerprint density at radius 1 is 1.00 bits per heavy atom. The van der Waals surface area contributed by atoms with E-state index < -0.39 is 34.7 Å². The Hall–Kier alpha value is -1.07. The van der Waals surface area contributed by atoms with Gasteiger partial charge in [-0.1, -0.05) is 25.3 Å². The standard InChI is InChI=1S/C13H15F3O2/c14-9-5-4-8(10(15)11(9)16)12(17)13(18)6-2-1-3-7-13/h4-5,12,17-18H,1-3,6-7H2. The summed E-state index contributed by atoms with van der Waals surface area (Å²) in [5.74, 6) is -4.36. The summed E-state index contributed by atoms with van der Waals surface area (Å²) in [5, 5.41) is 20.3. The van der Waals surface area contributed by atoms with Crippen molar-refractivity contribution < 1.29 is 23.4 Å². The van der Waals surface area contributed by atoms with Crippen LogP contribution in [0.2, 0.25) is 0 Å². The van der Waals surface area contributed by atoms with Gasteiger partial charge in [0, 0.05) is 5.56 Å². The summed E-state index contributed by atoms with van der Waals surface area (Å²) >= 11 is 0. The first kappa shape index (κ1) is 13.4. The van der Waals surface area contributed by atoms with Gasteiger partial charge in [-0.25, -0.2) is 13.2 Å². The Kier molecular flexibility index (Phi) is 3.64. The van der Waals surface area contributed by atoms with Crippen LogP contribution in [0.15, 0.2) is 12.1 Å². The largest absolute Gasteiger partial charge is 0.387 e. The SMILES string of the molecule is OC(c1ccc(F)c(F)c1F)C1(O)CCCCC1. The number of rotatable bonds is 2. The van der Waals surface area contributed by atoms with Crippen molar-refractivity contribution in [3.05, 3.63) is 35.1 Å². The van der Waals surface area contributed by atoms with Crippen LogP contribution in [0.5, 0.6) is 0 Å². The van der Waals surface area contributed by atoms with Gasteiger partial charge in [0.05, 0.1) is 5.60 Å². The fraction of sp³-hybridized carbons (Fsp3) is 0.538. The topological polar surface area (TPSA) is 40.5 Å². The zero-order valence-electron chi connectivity index (χ0n) is 9.80. The molecule has 2 nitrogen and oxygen atoms in total. The molecule has 1 saturated carbocycles. The van der Waals surface area contributed by atoms with Crippen LogP contribution < -0.4 is 0 Å². The van der Waals surface area contributed by atoms with Crippen LogP contribution in [0.4, 0.5) is 13.2 Å². The number of hydrogen-bond donors (Lipinski definition) is 2. The zero-order chi connectivity index (χ0) is 13.3. The molecular formula is C13H15F3O2. The molecule has 1 aliphatic carbocycles. The molecule has 0 radical (unpaired) electrons. The van der Waals surface area contributed by atoms with E-state index in [0.717, 1.165) is 31.4 Å². The molecule has 0 heterocycles. The highest BCUT2D eigenvalue weighted by molar-refractivity contribution is 5.25. The molecule has 0 spiro atoms. The minimum atomic E-state index is -1.62. The van der Waals surface area contributed by atoms with Crippen molar-refractivity contribution in [1.29, 1.82) is 0 Å². The lowest BCUT2D eigenvalue weighted by atomic mass is 9.78. The molecule has 0 bridgehead atoms. The van der Waals surface area contributed by atoms with Gasteiger partial charge in [-0.15, -0.1) is 0 Å². The number of benzene rings is 1. The Labute approximate surface area is 103 Å². The van der Waals surface area contributed by atoms with Crippen molar-refractivity contribution >= 4 is 0 Å². The van der Waals surface area contributed by atoms with Gasteiger partial charge in [0.15, 0.2) is 17.5 Å². The lowest BCUT2D eigenvalue weighted by molar-refractivity contribution is -0.101. The summed E-state index contributed by atoms with van der Waals surface area (Å²) in [6.07, 6.45) is 1.50.